The molecular weight excluding hydrogens is 392 g/mol. The van der Waals surface area contributed by atoms with E-state index in [2.05, 4.69) is 5.32 Å². The summed E-state index contributed by atoms with van der Waals surface area (Å²) in [4.78, 5) is 26.7. The van der Waals surface area contributed by atoms with E-state index in [1.54, 1.807) is 30.1 Å². The van der Waals surface area contributed by atoms with Crippen LogP contribution < -0.4 is 14.8 Å². The van der Waals surface area contributed by atoms with Crippen LogP contribution in [0.4, 0.5) is 0 Å². The van der Waals surface area contributed by atoms with Gasteiger partial charge in [-0.2, -0.15) is 0 Å². The van der Waals surface area contributed by atoms with E-state index in [1.165, 1.54) is 14.2 Å². The lowest BCUT2D eigenvalue weighted by atomic mass is 9.99. The van der Waals surface area contributed by atoms with Crippen LogP contribution in [-0.4, -0.2) is 44.5 Å². The molecule has 0 aliphatic rings. The largest absolute Gasteiger partial charge is 0.493 e. The predicted molar refractivity (Wildman–Crippen MR) is 120 cm³/mol. The summed E-state index contributed by atoms with van der Waals surface area (Å²) in [5.74, 6) is 0.451. The molecule has 0 saturated carbocycles. The van der Waals surface area contributed by atoms with Crippen LogP contribution in [0.3, 0.4) is 0 Å². The first-order valence-electron chi connectivity index (χ1n) is 9.91. The summed E-state index contributed by atoms with van der Waals surface area (Å²) in [5, 5.41) is 2.67. The summed E-state index contributed by atoms with van der Waals surface area (Å²) in [6.45, 7) is 0.341. The molecule has 3 aromatic rings. The van der Waals surface area contributed by atoms with Gasteiger partial charge in [0.05, 0.1) is 20.8 Å². The van der Waals surface area contributed by atoms with Crippen molar-refractivity contribution in [2.75, 3.05) is 27.8 Å². The minimum absolute atomic E-state index is 0.100. The van der Waals surface area contributed by atoms with Gasteiger partial charge in [0.15, 0.2) is 11.5 Å². The lowest BCUT2D eigenvalue weighted by Gasteiger charge is -2.20. The monoisotopic (exact) mass is 418 g/mol. The Morgan fingerprint density at radius 3 is 2.26 bits per heavy atom. The zero-order chi connectivity index (χ0) is 22.2. The Labute approximate surface area is 182 Å². The minimum Gasteiger partial charge on any atom is -0.493 e. The number of amides is 2. The van der Waals surface area contributed by atoms with Gasteiger partial charge in [-0.1, -0.05) is 54.6 Å². The summed E-state index contributed by atoms with van der Waals surface area (Å²) < 4.78 is 10.4. The van der Waals surface area contributed by atoms with Crippen molar-refractivity contribution in [2.45, 2.75) is 6.54 Å². The van der Waals surface area contributed by atoms with E-state index in [9.17, 15) is 9.59 Å². The number of likely N-dealkylation sites (N-methyl/N-ethyl adjacent to an activating group) is 1. The third kappa shape index (κ3) is 5.42. The molecule has 0 bridgehead atoms. The average Bonchev–Trinajstić information content (AvgIpc) is 2.82. The molecule has 6 heteroatoms. The van der Waals surface area contributed by atoms with Gasteiger partial charge in [0.1, 0.15) is 0 Å². The molecule has 0 radical (unpaired) electrons. The molecule has 0 atom stereocenters. The fourth-order valence-electron chi connectivity index (χ4n) is 3.27. The Morgan fingerprint density at radius 2 is 1.55 bits per heavy atom. The molecule has 1 N–H and O–H groups in total. The van der Waals surface area contributed by atoms with Crippen LogP contribution in [0.15, 0.2) is 72.8 Å². The van der Waals surface area contributed by atoms with E-state index in [0.717, 1.165) is 16.7 Å². The van der Waals surface area contributed by atoms with Crippen LogP contribution in [0.1, 0.15) is 15.9 Å². The van der Waals surface area contributed by atoms with Crippen molar-refractivity contribution in [3.05, 3.63) is 83.9 Å². The van der Waals surface area contributed by atoms with Crippen LogP contribution in [0.5, 0.6) is 11.5 Å². The normalized spacial score (nSPS) is 10.3. The third-order valence-electron chi connectivity index (χ3n) is 4.98. The van der Waals surface area contributed by atoms with Crippen LogP contribution in [0.2, 0.25) is 0 Å². The summed E-state index contributed by atoms with van der Waals surface area (Å²) in [5.41, 5.74) is 3.61. The summed E-state index contributed by atoms with van der Waals surface area (Å²) in [6.07, 6.45) is 0. The van der Waals surface area contributed by atoms with Crippen LogP contribution in [0, 0.1) is 0 Å². The smallest absolute Gasteiger partial charge is 0.251 e. The topological polar surface area (TPSA) is 67.9 Å². The SMILES string of the molecule is COc1ccc(C(=O)NCC(=O)N(C)Cc2ccccc2-c2ccccc2)cc1OC. The number of ether oxygens (including phenoxy) is 2. The van der Waals surface area contributed by atoms with Crippen LogP contribution >= 0.6 is 0 Å². The fraction of sp³-hybridized carbons (Fsp3) is 0.200. The summed E-state index contributed by atoms with van der Waals surface area (Å²) in [6, 6.07) is 22.9. The highest BCUT2D eigenvalue weighted by Gasteiger charge is 2.15. The molecule has 0 heterocycles. The standard InChI is InChI=1S/C25H26N2O4/c1-27(17-20-11-7-8-12-21(20)18-9-5-4-6-10-18)24(28)16-26-25(29)19-13-14-22(30-2)23(15-19)31-3/h4-15H,16-17H2,1-3H3,(H,26,29). The molecule has 3 rings (SSSR count). The van der Waals surface area contributed by atoms with Gasteiger partial charge in [-0.3, -0.25) is 9.59 Å². The highest BCUT2D eigenvalue weighted by molar-refractivity contribution is 5.97. The van der Waals surface area contributed by atoms with E-state index >= 15 is 0 Å². The van der Waals surface area contributed by atoms with E-state index < -0.39 is 0 Å². The maximum atomic E-state index is 12.6. The number of methoxy groups -OCH3 is 2. The molecule has 2 amide bonds. The Hall–Kier alpha value is -3.80. The van der Waals surface area contributed by atoms with Crippen LogP contribution in [-0.2, 0) is 11.3 Å². The van der Waals surface area contributed by atoms with Crippen molar-refractivity contribution in [3.8, 4) is 22.6 Å². The fourth-order valence-corrected chi connectivity index (χ4v) is 3.27. The average molecular weight is 418 g/mol. The van der Waals surface area contributed by atoms with Gasteiger partial charge in [-0.05, 0) is 34.9 Å². The second-order valence-corrected chi connectivity index (χ2v) is 7.03. The van der Waals surface area contributed by atoms with Crippen molar-refractivity contribution in [2.24, 2.45) is 0 Å². The first-order chi connectivity index (χ1) is 15.0. The molecule has 31 heavy (non-hydrogen) atoms. The molecule has 0 aliphatic carbocycles. The number of benzene rings is 3. The van der Waals surface area contributed by atoms with E-state index in [0.29, 0.717) is 23.6 Å². The van der Waals surface area contributed by atoms with Crippen molar-refractivity contribution in [1.29, 1.82) is 0 Å². The molecule has 0 unspecified atom stereocenters. The molecule has 6 nitrogen and oxygen atoms in total. The molecule has 0 spiro atoms. The summed E-state index contributed by atoms with van der Waals surface area (Å²) >= 11 is 0. The Kier molecular flexibility index (Phi) is 7.27. The molecule has 0 aliphatic heterocycles. The Bertz CT molecular complexity index is 1050. The number of carbonyl (C=O) groups is 2. The lowest BCUT2D eigenvalue weighted by Crippen LogP contribution is -2.37. The number of nitrogens with one attached hydrogen (secondary N) is 1. The highest BCUT2D eigenvalue weighted by Crippen LogP contribution is 2.27. The third-order valence-corrected chi connectivity index (χ3v) is 4.98. The zero-order valence-electron chi connectivity index (χ0n) is 17.9. The van der Waals surface area contributed by atoms with Crippen molar-refractivity contribution >= 4 is 11.8 Å². The maximum absolute atomic E-state index is 12.6. The maximum Gasteiger partial charge on any atom is 0.251 e. The summed E-state index contributed by atoms with van der Waals surface area (Å²) in [7, 11) is 4.76. The zero-order valence-corrected chi connectivity index (χ0v) is 17.9. The predicted octanol–water partition coefficient (Wildman–Crippen LogP) is 3.76. The van der Waals surface area contributed by atoms with Crippen molar-refractivity contribution < 1.29 is 19.1 Å². The molecule has 3 aromatic carbocycles. The highest BCUT2D eigenvalue weighted by atomic mass is 16.5. The quantitative estimate of drug-likeness (QED) is 0.605. The van der Waals surface area contributed by atoms with Gasteiger partial charge in [-0.25, -0.2) is 0 Å². The molecule has 0 aromatic heterocycles. The van der Waals surface area contributed by atoms with E-state index in [1.807, 2.05) is 54.6 Å². The van der Waals surface area contributed by atoms with Gasteiger partial charge < -0.3 is 19.7 Å². The van der Waals surface area contributed by atoms with Gasteiger partial charge in [0, 0.05) is 19.2 Å². The minimum atomic E-state index is -0.354. The van der Waals surface area contributed by atoms with E-state index in [4.69, 9.17) is 9.47 Å². The van der Waals surface area contributed by atoms with Crippen molar-refractivity contribution in [1.82, 2.24) is 10.2 Å². The van der Waals surface area contributed by atoms with Gasteiger partial charge in [0.25, 0.3) is 5.91 Å². The Balaban J connectivity index is 1.63. The Morgan fingerprint density at radius 1 is 0.871 bits per heavy atom. The number of hydrogen-bond acceptors (Lipinski definition) is 4. The van der Waals surface area contributed by atoms with Gasteiger partial charge >= 0.3 is 0 Å². The van der Waals surface area contributed by atoms with Crippen molar-refractivity contribution in [3.63, 3.8) is 0 Å². The van der Waals surface area contributed by atoms with Gasteiger partial charge in [-0.15, -0.1) is 0 Å². The molecule has 0 fully saturated rings. The first-order valence-corrected chi connectivity index (χ1v) is 9.91. The molecule has 0 saturated heterocycles. The second-order valence-electron chi connectivity index (χ2n) is 7.03. The lowest BCUT2D eigenvalue weighted by molar-refractivity contribution is -0.129. The van der Waals surface area contributed by atoms with E-state index in [-0.39, 0.29) is 18.4 Å². The van der Waals surface area contributed by atoms with Crippen LogP contribution in [0.25, 0.3) is 11.1 Å². The number of hydrogen-bond donors (Lipinski definition) is 1. The molecule has 160 valence electrons. The first kappa shape index (κ1) is 21.9. The molecular formula is C25H26N2O4. The van der Waals surface area contributed by atoms with Gasteiger partial charge in [0.2, 0.25) is 5.91 Å². The second kappa shape index (κ2) is 10.3. The number of rotatable bonds is 8. The number of carbonyl (C=O) groups excluding carboxylic acids is 2. The number of nitrogens with zero attached hydrogens (tertiary/aromatic N) is 1.